The highest BCUT2D eigenvalue weighted by Crippen LogP contribution is 2.24. The Hall–Kier alpha value is -1.94. The van der Waals surface area contributed by atoms with Crippen LogP contribution in [0.25, 0.3) is 0 Å². The van der Waals surface area contributed by atoms with E-state index >= 15 is 0 Å². The van der Waals surface area contributed by atoms with Gasteiger partial charge < -0.3 is 10.1 Å². The van der Waals surface area contributed by atoms with Crippen LogP contribution in [0.3, 0.4) is 0 Å². The summed E-state index contributed by atoms with van der Waals surface area (Å²) in [5.74, 6) is -0.852. The Kier molecular flexibility index (Phi) is 5.28. The topological polar surface area (TPSA) is 21.3 Å². The lowest BCUT2D eigenvalue weighted by Gasteiger charge is -2.19. The van der Waals surface area contributed by atoms with Crippen molar-refractivity contribution in [3.63, 3.8) is 0 Å². The van der Waals surface area contributed by atoms with Crippen LogP contribution in [0.5, 0.6) is 5.75 Å². The molecule has 2 aromatic carbocycles. The van der Waals surface area contributed by atoms with Crippen LogP contribution < -0.4 is 10.1 Å². The summed E-state index contributed by atoms with van der Waals surface area (Å²) >= 11 is 0. The zero-order valence-electron chi connectivity index (χ0n) is 12.2. The Labute approximate surface area is 123 Å². The molecular weight excluding hydrogens is 272 g/mol. The second-order valence-corrected chi connectivity index (χ2v) is 4.81. The van der Waals surface area contributed by atoms with Crippen molar-refractivity contribution in [3.05, 3.63) is 65.2 Å². The Morgan fingerprint density at radius 1 is 1.14 bits per heavy atom. The van der Waals surface area contributed by atoms with Gasteiger partial charge in [0.05, 0.1) is 7.11 Å². The molecule has 1 atom stereocenters. The molecule has 21 heavy (non-hydrogen) atoms. The number of hydrogen-bond donors (Lipinski definition) is 1. The van der Waals surface area contributed by atoms with Crippen molar-refractivity contribution in [3.8, 4) is 5.75 Å². The van der Waals surface area contributed by atoms with Gasteiger partial charge in [-0.05, 0) is 36.7 Å². The lowest BCUT2D eigenvalue weighted by molar-refractivity contribution is 0.413. The molecule has 0 saturated heterocycles. The molecule has 0 aliphatic rings. The third kappa shape index (κ3) is 3.79. The first-order valence-electron chi connectivity index (χ1n) is 6.96. The highest BCUT2D eigenvalue weighted by molar-refractivity contribution is 5.31. The molecule has 112 valence electrons. The van der Waals surface area contributed by atoms with E-state index < -0.39 is 11.6 Å². The molecule has 0 aliphatic carbocycles. The number of nitrogens with one attached hydrogen (secondary N) is 1. The standard InChI is InChI=1S/C17H19F2NO/c1-3-20-16(14-8-5-9-15(18)17(14)19)11-12-6-4-7-13(10-12)21-2/h4-10,16,20H,3,11H2,1-2H3. The molecule has 0 spiro atoms. The summed E-state index contributed by atoms with van der Waals surface area (Å²) in [6, 6.07) is 11.6. The first-order chi connectivity index (χ1) is 10.2. The molecule has 1 N–H and O–H groups in total. The molecule has 1 unspecified atom stereocenters. The van der Waals surface area contributed by atoms with E-state index in [0.717, 1.165) is 17.4 Å². The monoisotopic (exact) mass is 291 g/mol. The average molecular weight is 291 g/mol. The molecule has 0 aliphatic heterocycles. The quantitative estimate of drug-likeness (QED) is 0.872. The van der Waals surface area contributed by atoms with Crippen molar-refractivity contribution in [2.45, 2.75) is 19.4 Å². The lowest BCUT2D eigenvalue weighted by atomic mass is 9.98. The Morgan fingerprint density at radius 2 is 1.90 bits per heavy atom. The second kappa shape index (κ2) is 7.18. The number of methoxy groups -OCH3 is 1. The van der Waals surface area contributed by atoms with E-state index in [2.05, 4.69) is 5.32 Å². The van der Waals surface area contributed by atoms with Gasteiger partial charge in [0.25, 0.3) is 0 Å². The first kappa shape index (κ1) is 15.4. The molecule has 2 rings (SSSR count). The van der Waals surface area contributed by atoms with Gasteiger partial charge in [0.15, 0.2) is 11.6 Å². The van der Waals surface area contributed by atoms with Crippen LogP contribution in [0.2, 0.25) is 0 Å². The molecule has 0 aromatic heterocycles. The van der Waals surface area contributed by atoms with Crippen molar-refractivity contribution >= 4 is 0 Å². The molecule has 0 bridgehead atoms. The zero-order valence-corrected chi connectivity index (χ0v) is 12.2. The molecule has 0 heterocycles. The average Bonchev–Trinajstić information content (AvgIpc) is 2.50. The fraction of sp³-hybridized carbons (Fsp3) is 0.294. The van der Waals surface area contributed by atoms with E-state index in [1.807, 2.05) is 31.2 Å². The van der Waals surface area contributed by atoms with Gasteiger partial charge in [0.2, 0.25) is 0 Å². The van der Waals surface area contributed by atoms with Crippen molar-refractivity contribution in [2.24, 2.45) is 0 Å². The van der Waals surface area contributed by atoms with Crippen LogP contribution in [0, 0.1) is 11.6 Å². The van der Waals surface area contributed by atoms with Crippen LogP contribution >= 0.6 is 0 Å². The van der Waals surface area contributed by atoms with E-state index in [1.54, 1.807) is 13.2 Å². The highest BCUT2D eigenvalue weighted by Gasteiger charge is 2.18. The summed E-state index contributed by atoms with van der Waals surface area (Å²) in [6.07, 6.45) is 0.561. The van der Waals surface area contributed by atoms with Gasteiger partial charge in [-0.1, -0.05) is 31.2 Å². The Morgan fingerprint density at radius 3 is 2.62 bits per heavy atom. The van der Waals surface area contributed by atoms with Gasteiger partial charge in [0.1, 0.15) is 5.75 Å². The molecule has 2 nitrogen and oxygen atoms in total. The maximum absolute atomic E-state index is 14.0. The van der Waals surface area contributed by atoms with Crippen LogP contribution in [-0.2, 0) is 6.42 Å². The molecular formula is C17H19F2NO. The van der Waals surface area contributed by atoms with E-state index in [9.17, 15) is 8.78 Å². The van der Waals surface area contributed by atoms with E-state index in [0.29, 0.717) is 18.5 Å². The van der Waals surface area contributed by atoms with Crippen molar-refractivity contribution < 1.29 is 13.5 Å². The molecule has 0 saturated carbocycles. The number of likely N-dealkylation sites (N-methyl/N-ethyl adjacent to an activating group) is 1. The largest absolute Gasteiger partial charge is 0.497 e. The number of ether oxygens (including phenoxy) is 1. The maximum atomic E-state index is 14.0. The van der Waals surface area contributed by atoms with E-state index in [4.69, 9.17) is 4.74 Å². The minimum atomic E-state index is -0.818. The van der Waals surface area contributed by atoms with Gasteiger partial charge in [-0.2, -0.15) is 0 Å². The molecule has 2 aromatic rings. The SMILES string of the molecule is CCNC(Cc1cccc(OC)c1)c1cccc(F)c1F. The van der Waals surface area contributed by atoms with E-state index in [-0.39, 0.29) is 6.04 Å². The summed E-state index contributed by atoms with van der Waals surface area (Å²) in [6.45, 7) is 2.61. The van der Waals surface area contributed by atoms with Gasteiger partial charge in [-0.25, -0.2) is 8.78 Å². The van der Waals surface area contributed by atoms with Crippen LogP contribution in [-0.4, -0.2) is 13.7 Å². The molecule has 4 heteroatoms. The number of halogens is 2. The first-order valence-corrected chi connectivity index (χ1v) is 6.96. The fourth-order valence-electron chi connectivity index (χ4n) is 2.36. The summed E-state index contributed by atoms with van der Waals surface area (Å²) in [7, 11) is 1.60. The minimum Gasteiger partial charge on any atom is -0.497 e. The summed E-state index contributed by atoms with van der Waals surface area (Å²) < 4.78 is 32.6. The van der Waals surface area contributed by atoms with Gasteiger partial charge in [-0.3, -0.25) is 0 Å². The zero-order chi connectivity index (χ0) is 15.2. The van der Waals surface area contributed by atoms with Gasteiger partial charge >= 0.3 is 0 Å². The summed E-state index contributed by atoms with van der Waals surface area (Å²) in [4.78, 5) is 0. The lowest BCUT2D eigenvalue weighted by Crippen LogP contribution is -2.24. The predicted molar refractivity (Wildman–Crippen MR) is 79.5 cm³/mol. The second-order valence-electron chi connectivity index (χ2n) is 4.81. The fourth-order valence-corrected chi connectivity index (χ4v) is 2.36. The van der Waals surface area contributed by atoms with Crippen molar-refractivity contribution in [1.29, 1.82) is 0 Å². The Bertz CT molecular complexity index is 601. The normalized spacial score (nSPS) is 12.2. The van der Waals surface area contributed by atoms with Crippen LogP contribution in [0.4, 0.5) is 8.78 Å². The third-order valence-electron chi connectivity index (χ3n) is 3.38. The summed E-state index contributed by atoms with van der Waals surface area (Å²) in [5.41, 5.74) is 1.35. The van der Waals surface area contributed by atoms with Crippen molar-refractivity contribution in [2.75, 3.05) is 13.7 Å². The molecule has 0 radical (unpaired) electrons. The Balaban J connectivity index is 2.28. The number of rotatable bonds is 6. The highest BCUT2D eigenvalue weighted by atomic mass is 19.2. The predicted octanol–water partition coefficient (Wildman–Crippen LogP) is 3.87. The summed E-state index contributed by atoms with van der Waals surface area (Å²) in [5, 5.41) is 3.21. The number of hydrogen-bond acceptors (Lipinski definition) is 2. The molecule has 0 fully saturated rings. The van der Waals surface area contributed by atoms with Crippen molar-refractivity contribution in [1.82, 2.24) is 5.32 Å². The minimum absolute atomic E-state index is 0.280. The smallest absolute Gasteiger partial charge is 0.163 e. The number of benzene rings is 2. The van der Waals surface area contributed by atoms with Crippen LogP contribution in [0.15, 0.2) is 42.5 Å². The van der Waals surface area contributed by atoms with Gasteiger partial charge in [-0.15, -0.1) is 0 Å². The maximum Gasteiger partial charge on any atom is 0.163 e. The van der Waals surface area contributed by atoms with Gasteiger partial charge in [0, 0.05) is 11.6 Å². The van der Waals surface area contributed by atoms with Crippen LogP contribution in [0.1, 0.15) is 24.1 Å². The molecule has 0 amide bonds. The van der Waals surface area contributed by atoms with E-state index in [1.165, 1.54) is 6.07 Å². The third-order valence-corrected chi connectivity index (χ3v) is 3.38.